The van der Waals surface area contributed by atoms with E-state index in [0.29, 0.717) is 52.8 Å². The van der Waals surface area contributed by atoms with E-state index in [0.717, 1.165) is 50.2 Å². The summed E-state index contributed by atoms with van der Waals surface area (Å²) in [6, 6.07) is 8.98. The van der Waals surface area contributed by atoms with Crippen molar-refractivity contribution in [2.24, 2.45) is 5.41 Å². The average Bonchev–Trinajstić information content (AvgIpc) is 3.07. The Kier molecular flexibility index (Phi) is 15.0. The van der Waals surface area contributed by atoms with Gasteiger partial charge in [-0.25, -0.2) is 8.78 Å². The van der Waals surface area contributed by atoms with Crippen LogP contribution in [0, 0.1) is 28.4 Å². The van der Waals surface area contributed by atoms with Gasteiger partial charge in [0.15, 0.2) is 11.6 Å². The maximum atomic E-state index is 15.9. The summed E-state index contributed by atoms with van der Waals surface area (Å²) in [5.74, 6) is -1.67. The van der Waals surface area contributed by atoms with Gasteiger partial charge in [-0.15, -0.1) is 0 Å². The number of aryl methyl sites for hydroxylation is 1. The van der Waals surface area contributed by atoms with Crippen LogP contribution in [0.3, 0.4) is 0 Å². The topological polar surface area (TPSA) is 39.1 Å². The average molecular weight is 694 g/mol. The first-order valence-corrected chi connectivity index (χ1v) is 17.5. The summed E-state index contributed by atoms with van der Waals surface area (Å²) < 4.78 is 73.6. The van der Waals surface area contributed by atoms with Crippen LogP contribution < -0.4 is 5.32 Å². The number of nitrogens with zero attached hydrogens (tertiary/aromatic N) is 2. The summed E-state index contributed by atoms with van der Waals surface area (Å²) in [5, 5.41) is 12.7. The molecule has 1 heterocycles. The maximum Gasteiger partial charge on any atom is 0.416 e. The summed E-state index contributed by atoms with van der Waals surface area (Å²) in [4.78, 5) is 2.39. The molecule has 1 aliphatic rings. The van der Waals surface area contributed by atoms with Gasteiger partial charge >= 0.3 is 6.18 Å². The number of likely N-dealkylation sites (tertiary alicyclic amines) is 1. The van der Waals surface area contributed by atoms with Gasteiger partial charge in [0.1, 0.15) is 0 Å². The Labute approximate surface area is 296 Å². The van der Waals surface area contributed by atoms with E-state index in [9.17, 15) is 18.4 Å². The number of piperidine rings is 1. The molecule has 1 aliphatic heterocycles. The van der Waals surface area contributed by atoms with Crippen LogP contribution in [0.4, 0.5) is 22.0 Å². The van der Waals surface area contributed by atoms with Crippen molar-refractivity contribution in [3.8, 4) is 6.07 Å². The third-order valence-electron chi connectivity index (χ3n) is 9.83. The Morgan fingerprint density at radius 1 is 0.980 bits per heavy atom. The molecule has 1 saturated heterocycles. The highest BCUT2D eigenvalue weighted by molar-refractivity contribution is 5.91. The predicted octanol–water partition coefficient (Wildman–Crippen LogP) is 11.0. The number of alkyl halides is 3. The van der Waals surface area contributed by atoms with E-state index < -0.39 is 28.8 Å². The fourth-order valence-corrected chi connectivity index (χ4v) is 6.96. The van der Waals surface area contributed by atoms with Crippen molar-refractivity contribution in [2.45, 2.75) is 85.2 Å². The number of rotatable bonds is 16. The molecule has 270 valence electrons. The molecule has 2 aromatic rings. The third-order valence-corrected chi connectivity index (χ3v) is 9.83. The van der Waals surface area contributed by atoms with Crippen molar-refractivity contribution >= 4 is 11.1 Å². The van der Waals surface area contributed by atoms with E-state index in [4.69, 9.17) is 0 Å². The zero-order chi connectivity index (χ0) is 37.1. The first-order chi connectivity index (χ1) is 23.7. The van der Waals surface area contributed by atoms with E-state index in [-0.39, 0.29) is 17.5 Å². The predicted molar refractivity (Wildman–Crippen MR) is 196 cm³/mol. The Bertz CT molecular complexity index is 1650. The standard InChI is InChI=1S/C42H52F5N3/c1-8-14-33(25-30(4)28-48)37-26-35(42(45,46)47)18-19-36(37)38(29(2)3)31(5)41(6,20-13-21-49-7)27-34-17-16-32(39(43)40(34)44)15-12-24-50-22-10-9-11-23-50/h8,14,16-19,25-26,49H,1-2,9-13,15,20-24,27H2,3-7H3/b30-25+,33-14+,38-31+. The minimum Gasteiger partial charge on any atom is -0.320 e. The van der Waals surface area contributed by atoms with E-state index in [2.05, 4.69) is 23.4 Å². The summed E-state index contributed by atoms with van der Waals surface area (Å²) in [5.41, 5.74) is 2.54. The Hall–Kier alpha value is -3.80. The summed E-state index contributed by atoms with van der Waals surface area (Å²) in [6.07, 6.45) is 6.25. The zero-order valence-electron chi connectivity index (χ0n) is 30.3. The molecule has 0 radical (unpaired) electrons. The lowest BCUT2D eigenvalue weighted by Gasteiger charge is -2.35. The number of benzene rings is 2. The maximum absolute atomic E-state index is 15.9. The van der Waals surface area contributed by atoms with Gasteiger partial charge in [0.2, 0.25) is 0 Å². The molecule has 0 amide bonds. The SMILES string of the molecule is C=C/C=C(\C=C(/C)C#N)c1cc(C(F)(F)F)ccc1/C(C(=C)C)=C(\C)C(C)(CCCNC)Cc1ccc(CCCN2CCCCC2)c(F)c1F. The van der Waals surface area contributed by atoms with Crippen LogP contribution in [0.25, 0.3) is 11.1 Å². The molecular weight excluding hydrogens is 641 g/mol. The molecule has 0 spiro atoms. The van der Waals surface area contributed by atoms with Gasteiger partial charge in [0, 0.05) is 5.57 Å². The molecule has 1 unspecified atom stereocenters. The highest BCUT2D eigenvalue weighted by atomic mass is 19.4. The summed E-state index contributed by atoms with van der Waals surface area (Å²) >= 11 is 0. The van der Waals surface area contributed by atoms with E-state index in [1.54, 1.807) is 32.1 Å². The molecule has 2 aromatic carbocycles. The van der Waals surface area contributed by atoms with Crippen molar-refractivity contribution in [3.05, 3.63) is 118 Å². The highest BCUT2D eigenvalue weighted by Crippen LogP contribution is 2.45. The minimum absolute atomic E-state index is 0.176. The fraction of sp³-hybridized carbons (Fsp3) is 0.452. The quantitative estimate of drug-likeness (QED) is 0.0823. The molecule has 1 atom stereocenters. The first-order valence-electron chi connectivity index (χ1n) is 17.5. The number of allylic oxidation sites excluding steroid dienone is 8. The fourth-order valence-electron chi connectivity index (χ4n) is 6.96. The molecule has 0 saturated carbocycles. The number of halogens is 5. The first kappa shape index (κ1) is 40.6. The van der Waals surface area contributed by atoms with Crippen LogP contribution >= 0.6 is 0 Å². The van der Waals surface area contributed by atoms with Gasteiger partial charge in [0.25, 0.3) is 0 Å². The van der Waals surface area contributed by atoms with E-state index >= 15 is 8.78 Å². The van der Waals surface area contributed by atoms with E-state index in [1.807, 2.05) is 27.0 Å². The number of hydrogen-bond donors (Lipinski definition) is 1. The smallest absolute Gasteiger partial charge is 0.320 e. The lowest BCUT2D eigenvalue weighted by Crippen LogP contribution is -2.30. The van der Waals surface area contributed by atoms with Gasteiger partial charge in [-0.05, 0) is 156 Å². The molecule has 1 N–H and O–H groups in total. The number of nitriles is 1. The van der Waals surface area contributed by atoms with Gasteiger partial charge in [-0.1, -0.05) is 68.0 Å². The third kappa shape index (κ3) is 10.6. The Balaban J connectivity index is 2.16. The van der Waals surface area contributed by atoms with Crippen LogP contribution in [0.5, 0.6) is 0 Å². The van der Waals surface area contributed by atoms with Crippen LogP contribution in [0.15, 0.2) is 78.4 Å². The van der Waals surface area contributed by atoms with E-state index in [1.165, 1.54) is 37.5 Å². The molecule has 0 bridgehead atoms. The molecule has 0 aliphatic carbocycles. The van der Waals surface area contributed by atoms with Crippen LogP contribution in [0.2, 0.25) is 0 Å². The second-order valence-electron chi connectivity index (χ2n) is 13.8. The second kappa shape index (κ2) is 18.4. The van der Waals surface area contributed by atoms with Crippen LogP contribution in [-0.2, 0) is 19.0 Å². The van der Waals surface area contributed by atoms with Crippen molar-refractivity contribution < 1.29 is 22.0 Å². The minimum atomic E-state index is -4.61. The normalized spacial score (nSPS) is 16.4. The van der Waals surface area contributed by atoms with Crippen molar-refractivity contribution in [1.29, 1.82) is 5.26 Å². The van der Waals surface area contributed by atoms with Crippen LogP contribution in [0.1, 0.15) is 94.0 Å². The van der Waals surface area contributed by atoms with Gasteiger partial charge in [-0.2, -0.15) is 18.4 Å². The zero-order valence-corrected chi connectivity index (χ0v) is 30.3. The van der Waals surface area contributed by atoms with Crippen LogP contribution in [-0.4, -0.2) is 38.1 Å². The monoisotopic (exact) mass is 693 g/mol. The Morgan fingerprint density at radius 3 is 2.24 bits per heavy atom. The molecule has 3 nitrogen and oxygen atoms in total. The lowest BCUT2D eigenvalue weighted by atomic mass is 9.70. The second-order valence-corrected chi connectivity index (χ2v) is 13.8. The molecule has 0 aromatic heterocycles. The van der Waals surface area contributed by atoms with Gasteiger partial charge < -0.3 is 10.2 Å². The molecule has 1 fully saturated rings. The molecular formula is C42H52F5N3. The lowest BCUT2D eigenvalue weighted by molar-refractivity contribution is -0.137. The number of hydrogen-bond acceptors (Lipinski definition) is 3. The molecule has 50 heavy (non-hydrogen) atoms. The summed E-state index contributed by atoms with van der Waals surface area (Å²) in [7, 11) is 1.84. The molecule has 3 rings (SSSR count). The Morgan fingerprint density at radius 2 is 1.64 bits per heavy atom. The summed E-state index contributed by atoms with van der Waals surface area (Å²) in [6.45, 7) is 18.9. The largest absolute Gasteiger partial charge is 0.416 e. The van der Waals surface area contributed by atoms with Crippen molar-refractivity contribution in [2.75, 3.05) is 33.2 Å². The van der Waals surface area contributed by atoms with Gasteiger partial charge in [-0.3, -0.25) is 0 Å². The van der Waals surface area contributed by atoms with Gasteiger partial charge in [0.05, 0.1) is 11.6 Å². The van der Waals surface area contributed by atoms with Crippen molar-refractivity contribution in [1.82, 2.24) is 10.2 Å². The number of nitrogens with one attached hydrogen (secondary N) is 1. The van der Waals surface area contributed by atoms with Crippen molar-refractivity contribution in [3.63, 3.8) is 0 Å². The highest BCUT2D eigenvalue weighted by Gasteiger charge is 2.34. The molecule has 8 heteroatoms.